The number of rotatable bonds is 7. The van der Waals surface area contributed by atoms with Crippen LogP contribution in [0.15, 0.2) is 24.3 Å². The third-order valence-electron chi connectivity index (χ3n) is 3.69. The highest BCUT2D eigenvalue weighted by Crippen LogP contribution is 2.14. The molecular formula is C17H25N3O4. The van der Waals surface area contributed by atoms with Gasteiger partial charge in [0.15, 0.2) is 0 Å². The Balaban J connectivity index is 1.80. The van der Waals surface area contributed by atoms with Crippen LogP contribution in [0.4, 0.5) is 11.4 Å². The number of carbonyl (C=O) groups is 2. The predicted octanol–water partition coefficient (Wildman–Crippen LogP) is 1.32. The van der Waals surface area contributed by atoms with Crippen LogP contribution in [0.1, 0.15) is 13.8 Å². The Kier molecular flexibility index (Phi) is 7.17. The molecule has 1 aliphatic rings. The van der Waals surface area contributed by atoms with Crippen LogP contribution in [0, 0.1) is 0 Å². The summed E-state index contributed by atoms with van der Waals surface area (Å²) in [7, 11) is 0. The van der Waals surface area contributed by atoms with Gasteiger partial charge < -0.3 is 20.1 Å². The van der Waals surface area contributed by atoms with Gasteiger partial charge in [-0.3, -0.25) is 14.5 Å². The number of hydrogen-bond acceptors (Lipinski definition) is 5. The summed E-state index contributed by atoms with van der Waals surface area (Å²) in [5, 5.41) is 5.63. The molecule has 24 heavy (non-hydrogen) atoms. The molecule has 0 aliphatic carbocycles. The summed E-state index contributed by atoms with van der Waals surface area (Å²) in [5.41, 5.74) is 1.36. The molecule has 0 saturated carbocycles. The van der Waals surface area contributed by atoms with Crippen LogP contribution in [0.3, 0.4) is 0 Å². The quantitative estimate of drug-likeness (QED) is 0.786. The van der Waals surface area contributed by atoms with E-state index in [1.807, 2.05) is 6.92 Å². The number of carbonyl (C=O) groups excluding carboxylic acids is 2. The second kappa shape index (κ2) is 9.36. The average Bonchev–Trinajstić information content (AvgIpc) is 2.57. The van der Waals surface area contributed by atoms with Gasteiger partial charge in [0.05, 0.1) is 19.8 Å². The van der Waals surface area contributed by atoms with Crippen LogP contribution < -0.4 is 10.6 Å². The number of nitrogens with one attached hydrogen (secondary N) is 2. The van der Waals surface area contributed by atoms with E-state index in [1.54, 1.807) is 31.2 Å². The second-order valence-electron chi connectivity index (χ2n) is 5.60. The van der Waals surface area contributed by atoms with Crippen molar-refractivity contribution in [3.63, 3.8) is 0 Å². The molecule has 2 rings (SSSR count). The first-order valence-electron chi connectivity index (χ1n) is 8.21. The first-order valence-corrected chi connectivity index (χ1v) is 8.21. The molecule has 1 aromatic rings. The predicted molar refractivity (Wildman–Crippen MR) is 92.0 cm³/mol. The molecule has 2 N–H and O–H groups in total. The molecule has 1 fully saturated rings. The largest absolute Gasteiger partial charge is 0.379 e. The summed E-state index contributed by atoms with van der Waals surface area (Å²) in [4.78, 5) is 25.9. The SMILES string of the molecule is CCOC(C)C(=O)Nc1ccc(NC(=O)CN2CCOCC2)cc1. The number of hydrogen-bond donors (Lipinski definition) is 2. The topological polar surface area (TPSA) is 79.9 Å². The maximum atomic E-state index is 12.0. The lowest BCUT2D eigenvalue weighted by molar-refractivity contribution is -0.126. The van der Waals surface area contributed by atoms with Gasteiger partial charge in [-0.25, -0.2) is 0 Å². The molecule has 0 spiro atoms. The van der Waals surface area contributed by atoms with Crippen LogP contribution in [0.5, 0.6) is 0 Å². The standard InChI is InChI=1S/C17H25N3O4/c1-3-24-13(2)17(22)19-15-6-4-14(5-7-15)18-16(21)12-20-8-10-23-11-9-20/h4-7,13H,3,8-12H2,1-2H3,(H,18,21)(H,19,22). The smallest absolute Gasteiger partial charge is 0.253 e. The van der Waals surface area contributed by atoms with Gasteiger partial charge in [-0.1, -0.05) is 0 Å². The van der Waals surface area contributed by atoms with Crippen molar-refractivity contribution in [2.45, 2.75) is 20.0 Å². The van der Waals surface area contributed by atoms with E-state index in [2.05, 4.69) is 15.5 Å². The molecule has 0 radical (unpaired) electrons. The van der Waals surface area contributed by atoms with E-state index in [1.165, 1.54) is 0 Å². The zero-order valence-electron chi connectivity index (χ0n) is 14.2. The van der Waals surface area contributed by atoms with Gasteiger partial charge in [0, 0.05) is 31.1 Å². The molecule has 0 bridgehead atoms. The van der Waals surface area contributed by atoms with E-state index in [0.29, 0.717) is 37.7 Å². The van der Waals surface area contributed by atoms with Crippen molar-refractivity contribution in [3.8, 4) is 0 Å². The number of nitrogens with zero attached hydrogens (tertiary/aromatic N) is 1. The van der Waals surface area contributed by atoms with Gasteiger partial charge in [-0.2, -0.15) is 0 Å². The van der Waals surface area contributed by atoms with E-state index in [-0.39, 0.29) is 11.8 Å². The van der Waals surface area contributed by atoms with Crippen LogP contribution >= 0.6 is 0 Å². The molecule has 132 valence electrons. The Hall–Kier alpha value is -1.96. The zero-order chi connectivity index (χ0) is 17.4. The summed E-state index contributed by atoms with van der Waals surface area (Å²) >= 11 is 0. The third-order valence-corrected chi connectivity index (χ3v) is 3.69. The van der Waals surface area contributed by atoms with Crippen LogP contribution in [-0.4, -0.2) is 62.3 Å². The molecule has 1 unspecified atom stereocenters. The molecule has 2 amide bonds. The van der Waals surface area contributed by atoms with Gasteiger partial charge in [0.1, 0.15) is 6.10 Å². The number of ether oxygens (including phenoxy) is 2. The Morgan fingerprint density at radius 1 is 1.17 bits per heavy atom. The van der Waals surface area contributed by atoms with Crippen molar-refractivity contribution >= 4 is 23.2 Å². The van der Waals surface area contributed by atoms with Crippen molar-refractivity contribution in [2.75, 3.05) is 50.1 Å². The third kappa shape index (κ3) is 5.92. The summed E-state index contributed by atoms with van der Waals surface area (Å²) in [6.07, 6.45) is -0.497. The molecule has 1 heterocycles. The van der Waals surface area contributed by atoms with Crippen molar-refractivity contribution < 1.29 is 19.1 Å². The lowest BCUT2D eigenvalue weighted by Gasteiger charge is -2.25. The summed E-state index contributed by atoms with van der Waals surface area (Å²) in [6, 6.07) is 7.03. The molecule has 7 nitrogen and oxygen atoms in total. The minimum atomic E-state index is -0.497. The van der Waals surface area contributed by atoms with Crippen molar-refractivity contribution in [1.29, 1.82) is 0 Å². The van der Waals surface area contributed by atoms with E-state index >= 15 is 0 Å². The van der Waals surface area contributed by atoms with E-state index in [0.717, 1.165) is 13.1 Å². The van der Waals surface area contributed by atoms with Crippen molar-refractivity contribution in [3.05, 3.63) is 24.3 Å². The highest BCUT2D eigenvalue weighted by atomic mass is 16.5. The summed E-state index contributed by atoms with van der Waals surface area (Å²) < 4.78 is 10.5. The van der Waals surface area contributed by atoms with E-state index in [4.69, 9.17) is 9.47 Å². The van der Waals surface area contributed by atoms with Gasteiger partial charge in [0.25, 0.3) is 5.91 Å². The van der Waals surface area contributed by atoms with Crippen LogP contribution in [-0.2, 0) is 19.1 Å². The Morgan fingerprint density at radius 3 is 2.33 bits per heavy atom. The zero-order valence-corrected chi connectivity index (χ0v) is 14.2. The Labute approximate surface area is 142 Å². The van der Waals surface area contributed by atoms with Crippen molar-refractivity contribution in [2.24, 2.45) is 0 Å². The lowest BCUT2D eigenvalue weighted by Crippen LogP contribution is -2.41. The second-order valence-corrected chi connectivity index (χ2v) is 5.60. The Morgan fingerprint density at radius 2 is 1.75 bits per heavy atom. The molecule has 1 aliphatic heterocycles. The maximum absolute atomic E-state index is 12.0. The fraction of sp³-hybridized carbons (Fsp3) is 0.529. The molecule has 0 aromatic heterocycles. The maximum Gasteiger partial charge on any atom is 0.253 e. The first kappa shape index (κ1) is 18.4. The molecule has 7 heteroatoms. The fourth-order valence-electron chi connectivity index (χ4n) is 2.37. The number of amides is 2. The fourth-order valence-corrected chi connectivity index (χ4v) is 2.37. The average molecular weight is 335 g/mol. The molecular weight excluding hydrogens is 310 g/mol. The molecule has 1 atom stereocenters. The highest BCUT2D eigenvalue weighted by molar-refractivity contribution is 5.95. The van der Waals surface area contributed by atoms with Gasteiger partial charge in [0.2, 0.25) is 5.91 Å². The van der Waals surface area contributed by atoms with Crippen molar-refractivity contribution in [1.82, 2.24) is 4.90 Å². The normalized spacial score (nSPS) is 16.4. The number of benzene rings is 1. The Bertz CT molecular complexity index is 541. The lowest BCUT2D eigenvalue weighted by atomic mass is 10.2. The van der Waals surface area contributed by atoms with Gasteiger partial charge in [-0.15, -0.1) is 0 Å². The minimum absolute atomic E-state index is 0.0568. The van der Waals surface area contributed by atoms with Crippen LogP contribution in [0.2, 0.25) is 0 Å². The monoisotopic (exact) mass is 335 g/mol. The number of morpholine rings is 1. The van der Waals surface area contributed by atoms with E-state index in [9.17, 15) is 9.59 Å². The summed E-state index contributed by atoms with van der Waals surface area (Å²) in [5.74, 6) is -0.250. The van der Waals surface area contributed by atoms with Gasteiger partial charge in [-0.05, 0) is 38.1 Å². The molecule has 1 aromatic carbocycles. The van der Waals surface area contributed by atoms with Crippen LogP contribution in [0.25, 0.3) is 0 Å². The minimum Gasteiger partial charge on any atom is -0.379 e. The van der Waals surface area contributed by atoms with Gasteiger partial charge >= 0.3 is 0 Å². The molecule has 1 saturated heterocycles. The number of anilines is 2. The van der Waals surface area contributed by atoms with E-state index < -0.39 is 6.10 Å². The summed E-state index contributed by atoms with van der Waals surface area (Å²) in [6.45, 7) is 7.28. The first-order chi connectivity index (χ1) is 11.6. The highest BCUT2D eigenvalue weighted by Gasteiger charge is 2.15.